The first-order valence-electron chi connectivity index (χ1n) is 5.29. The van der Waals surface area contributed by atoms with Gasteiger partial charge in [-0.15, -0.1) is 0 Å². The van der Waals surface area contributed by atoms with Crippen LogP contribution < -0.4 is 0 Å². The van der Waals surface area contributed by atoms with Crippen LogP contribution in [-0.4, -0.2) is 54.2 Å². The van der Waals surface area contributed by atoms with E-state index in [-0.39, 0.29) is 0 Å². The number of likely N-dealkylation sites (tertiary alicyclic amines) is 2. The topological polar surface area (TPSA) is 6.48 Å². The van der Waals surface area contributed by atoms with Gasteiger partial charge in [-0.1, -0.05) is 0 Å². The lowest BCUT2D eigenvalue weighted by Crippen LogP contribution is -2.60. The molecule has 0 aromatic carbocycles. The Kier molecular flexibility index (Phi) is 2.56. The van der Waals surface area contributed by atoms with Gasteiger partial charge in [-0.2, -0.15) is 0 Å². The van der Waals surface area contributed by atoms with Crippen LogP contribution in [0, 0.1) is 0 Å². The number of hydrogen-bond donors (Lipinski definition) is 0. The van der Waals surface area contributed by atoms with E-state index in [1.54, 1.807) is 0 Å². The van der Waals surface area contributed by atoms with Gasteiger partial charge in [-0.05, 0) is 20.3 Å². The van der Waals surface area contributed by atoms with Crippen molar-refractivity contribution in [1.82, 2.24) is 9.80 Å². The van der Waals surface area contributed by atoms with Crippen LogP contribution in [0.15, 0.2) is 0 Å². The molecule has 0 saturated carbocycles. The van der Waals surface area contributed by atoms with Gasteiger partial charge in [0.05, 0.1) is 0 Å². The van der Waals surface area contributed by atoms with Gasteiger partial charge in [0.25, 0.3) is 0 Å². The van der Waals surface area contributed by atoms with Crippen LogP contribution in [-0.2, 0) is 0 Å². The standard InChI is InChI=1S/C10H19FN2/c1-8(2)13-6-10(7-13)12-4-3-9(11)5-12/h8-10H,3-7H2,1-2H3/t9-/m1/s1. The van der Waals surface area contributed by atoms with Crippen LogP contribution in [0.2, 0.25) is 0 Å². The summed E-state index contributed by atoms with van der Waals surface area (Å²) in [6.07, 6.45) is 0.186. The van der Waals surface area contributed by atoms with Crippen molar-refractivity contribution in [3.8, 4) is 0 Å². The number of halogens is 1. The summed E-state index contributed by atoms with van der Waals surface area (Å²) in [6, 6.07) is 1.29. The van der Waals surface area contributed by atoms with E-state index in [1.807, 2.05) is 0 Å². The highest BCUT2D eigenvalue weighted by atomic mass is 19.1. The second-order valence-corrected chi connectivity index (χ2v) is 4.58. The molecule has 0 aliphatic carbocycles. The minimum absolute atomic E-state index is 0.562. The molecule has 2 fully saturated rings. The monoisotopic (exact) mass is 186 g/mol. The van der Waals surface area contributed by atoms with E-state index in [0.717, 1.165) is 26.1 Å². The Balaban J connectivity index is 1.74. The molecular formula is C10H19FN2. The Bertz CT molecular complexity index is 178. The van der Waals surface area contributed by atoms with Gasteiger partial charge in [0.15, 0.2) is 0 Å². The second-order valence-electron chi connectivity index (χ2n) is 4.58. The maximum absolute atomic E-state index is 12.9. The average molecular weight is 186 g/mol. The Morgan fingerprint density at radius 1 is 1.23 bits per heavy atom. The molecule has 0 aromatic rings. The molecule has 0 spiro atoms. The minimum Gasteiger partial charge on any atom is -0.298 e. The van der Waals surface area contributed by atoms with Crippen molar-refractivity contribution in [3.63, 3.8) is 0 Å². The first kappa shape index (κ1) is 9.41. The largest absolute Gasteiger partial charge is 0.298 e. The average Bonchev–Trinajstić information content (AvgIpc) is 2.31. The zero-order chi connectivity index (χ0) is 9.42. The lowest BCUT2D eigenvalue weighted by molar-refractivity contribution is 0.0232. The first-order chi connectivity index (χ1) is 6.16. The lowest BCUT2D eigenvalue weighted by Gasteiger charge is -2.46. The fourth-order valence-corrected chi connectivity index (χ4v) is 2.22. The molecule has 2 rings (SSSR count). The molecule has 0 unspecified atom stereocenters. The number of rotatable bonds is 2. The van der Waals surface area contributed by atoms with E-state index in [0.29, 0.717) is 18.6 Å². The maximum atomic E-state index is 12.9. The van der Waals surface area contributed by atoms with Crippen LogP contribution in [0.4, 0.5) is 4.39 Å². The zero-order valence-electron chi connectivity index (χ0n) is 8.54. The molecule has 0 radical (unpaired) electrons. The molecule has 3 heteroatoms. The molecular weight excluding hydrogens is 167 g/mol. The second kappa shape index (κ2) is 3.54. The zero-order valence-corrected chi connectivity index (χ0v) is 8.54. The third-order valence-corrected chi connectivity index (χ3v) is 3.30. The van der Waals surface area contributed by atoms with E-state index in [9.17, 15) is 4.39 Å². The molecule has 2 saturated heterocycles. The highest BCUT2D eigenvalue weighted by Gasteiger charge is 2.36. The van der Waals surface area contributed by atoms with Crippen LogP contribution in [0.1, 0.15) is 20.3 Å². The molecule has 0 bridgehead atoms. The molecule has 13 heavy (non-hydrogen) atoms. The van der Waals surface area contributed by atoms with Crippen molar-refractivity contribution in [2.24, 2.45) is 0 Å². The van der Waals surface area contributed by atoms with Gasteiger partial charge >= 0.3 is 0 Å². The molecule has 1 atom stereocenters. The summed E-state index contributed by atoms with van der Waals surface area (Å²) < 4.78 is 12.9. The quantitative estimate of drug-likeness (QED) is 0.637. The molecule has 2 aliphatic rings. The van der Waals surface area contributed by atoms with E-state index in [2.05, 4.69) is 23.6 Å². The summed E-state index contributed by atoms with van der Waals surface area (Å²) >= 11 is 0. The highest BCUT2D eigenvalue weighted by molar-refractivity contribution is 4.92. The van der Waals surface area contributed by atoms with Gasteiger partial charge in [0, 0.05) is 38.3 Å². The molecule has 76 valence electrons. The van der Waals surface area contributed by atoms with Gasteiger partial charge in [0.2, 0.25) is 0 Å². The van der Waals surface area contributed by atoms with Gasteiger partial charge in [0.1, 0.15) is 6.17 Å². The Hall–Kier alpha value is -0.150. The van der Waals surface area contributed by atoms with Crippen LogP contribution in [0.3, 0.4) is 0 Å². The smallest absolute Gasteiger partial charge is 0.114 e. The summed E-state index contributed by atoms with van der Waals surface area (Å²) in [7, 11) is 0. The highest BCUT2D eigenvalue weighted by Crippen LogP contribution is 2.22. The Morgan fingerprint density at radius 3 is 2.38 bits per heavy atom. The predicted molar refractivity (Wildman–Crippen MR) is 51.6 cm³/mol. The summed E-state index contributed by atoms with van der Waals surface area (Å²) in [5, 5.41) is 0. The van der Waals surface area contributed by atoms with Crippen molar-refractivity contribution in [2.75, 3.05) is 26.2 Å². The normalized spacial score (nSPS) is 32.8. The fourth-order valence-electron chi connectivity index (χ4n) is 2.22. The van der Waals surface area contributed by atoms with Gasteiger partial charge < -0.3 is 0 Å². The van der Waals surface area contributed by atoms with E-state index >= 15 is 0 Å². The van der Waals surface area contributed by atoms with Crippen molar-refractivity contribution < 1.29 is 4.39 Å². The Morgan fingerprint density at radius 2 is 1.92 bits per heavy atom. The van der Waals surface area contributed by atoms with Gasteiger partial charge in [-0.3, -0.25) is 9.80 Å². The van der Waals surface area contributed by atoms with E-state index in [4.69, 9.17) is 0 Å². The third-order valence-electron chi connectivity index (χ3n) is 3.30. The molecule has 0 aromatic heterocycles. The number of hydrogen-bond acceptors (Lipinski definition) is 2. The molecule has 2 heterocycles. The SMILES string of the molecule is CC(C)N1CC(N2CC[C@@H](F)C2)C1. The Labute approximate surface area is 79.7 Å². The molecule has 0 amide bonds. The molecule has 2 aliphatic heterocycles. The van der Waals surface area contributed by atoms with Crippen molar-refractivity contribution in [1.29, 1.82) is 0 Å². The van der Waals surface area contributed by atoms with E-state index < -0.39 is 6.17 Å². The van der Waals surface area contributed by atoms with Crippen LogP contribution >= 0.6 is 0 Å². The predicted octanol–water partition coefficient (Wildman–Crippen LogP) is 1.12. The molecule has 0 N–H and O–H groups in total. The van der Waals surface area contributed by atoms with Gasteiger partial charge in [-0.25, -0.2) is 4.39 Å². The van der Waals surface area contributed by atoms with Crippen molar-refractivity contribution >= 4 is 0 Å². The summed E-state index contributed by atoms with van der Waals surface area (Å²) in [5.74, 6) is 0. The number of nitrogens with zero attached hydrogens (tertiary/aromatic N) is 2. The van der Waals surface area contributed by atoms with Crippen LogP contribution in [0.25, 0.3) is 0 Å². The third kappa shape index (κ3) is 1.86. The fraction of sp³-hybridized carbons (Fsp3) is 1.00. The van der Waals surface area contributed by atoms with E-state index in [1.165, 1.54) is 0 Å². The first-order valence-corrected chi connectivity index (χ1v) is 5.29. The maximum Gasteiger partial charge on any atom is 0.114 e. The summed E-state index contributed by atoms with van der Waals surface area (Å²) in [5.41, 5.74) is 0. The lowest BCUT2D eigenvalue weighted by atomic mass is 10.1. The molecule has 2 nitrogen and oxygen atoms in total. The summed E-state index contributed by atoms with van der Waals surface area (Å²) in [4.78, 5) is 4.75. The van der Waals surface area contributed by atoms with Crippen molar-refractivity contribution in [2.45, 2.75) is 38.5 Å². The van der Waals surface area contributed by atoms with Crippen molar-refractivity contribution in [3.05, 3.63) is 0 Å². The number of alkyl halides is 1. The minimum atomic E-state index is -0.562. The summed E-state index contributed by atoms with van der Waals surface area (Å²) in [6.45, 7) is 8.37. The van der Waals surface area contributed by atoms with Crippen LogP contribution in [0.5, 0.6) is 0 Å².